The van der Waals surface area contributed by atoms with E-state index in [2.05, 4.69) is 9.50 Å². The summed E-state index contributed by atoms with van der Waals surface area (Å²) in [7, 11) is -6.69. The number of hydrogen-bond acceptors (Lipinski definition) is 15. The van der Waals surface area contributed by atoms with Crippen molar-refractivity contribution < 1.29 is 90.7 Å². The molecule has 0 bridgehead atoms. The Bertz CT molecular complexity index is 3160. The molecule has 1 amide bonds. The number of halogens is 7. The second-order valence-corrected chi connectivity index (χ2v) is 17.9. The fourth-order valence-electron chi connectivity index (χ4n) is 8.72. The van der Waals surface area contributed by atoms with E-state index in [-0.39, 0.29) is 85.5 Å². The lowest BCUT2D eigenvalue weighted by atomic mass is 9.76. The van der Waals surface area contributed by atoms with Crippen molar-refractivity contribution in [1.29, 1.82) is 0 Å². The number of anilines is 1. The molecule has 3 heterocycles. The highest BCUT2D eigenvalue weighted by Crippen LogP contribution is 2.59. The minimum Gasteiger partial charge on any atom is -0.466 e. The molecule has 24 heteroatoms. The lowest BCUT2D eigenvalue weighted by Gasteiger charge is -2.37. The lowest BCUT2D eigenvalue weighted by molar-refractivity contribution is -0.128. The smallest absolute Gasteiger partial charge is 0.466 e. The summed E-state index contributed by atoms with van der Waals surface area (Å²) in [5.41, 5.74) is -12.5. The second kappa shape index (κ2) is 18.8. The molecule has 1 N–H and O–H groups in total. The Morgan fingerprint density at radius 2 is 1.49 bits per heavy atom. The van der Waals surface area contributed by atoms with Gasteiger partial charge in [-0.2, -0.15) is 26.0 Å². The van der Waals surface area contributed by atoms with Crippen LogP contribution in [0.4, 0.5) is 36.4 Å². The molecular weight excluding hydrogens is 970 g/mol. The van der Waals surface area contributed by atoms with Gasteiger partial charge in [-0.05, 0) is 81.0 Å². The second-order valence-electron chi connectivity index (χ2n) is 16.4. The average molecular weight is 1000 g/mol. The first-order valence-corrected chi connectivity index (χ1v) is 22.4. The molecule has 70 heavy (non-hydrogen) atoms. The number of esters is 1. The van der Waals surface area contributed by atoms with Crippen molar-refractivity contribution in [1.82, 2.24) is 5.32 Å². The quantitative estimate of drug-likeness (QED) is 0.0120. The number of nitrogens with one attached hydrogen (secondary N) is 1. The monoisotopic (exact) mass is 1000 g/mol. The van der Waals surface area contributed by atoms with Gasteiger partial charge in [0.15, 0.2) is 34.5 Å². The highest BCUT2D eigenvalue weighted by Gasteiger charge is 2.57. The van der Waals surface area contributed by atoms with Crippen LogP contribution in [0.25, 0.3) is 11.0 Å². The summed E-state index contributed by atoms with van der Waals surface area (Å²) in [5.74, 6) is -14.3. The predicted octanol–water partition coefficient (Wildman–Crippen LogP) is 7.17. The lowest BCUT2D eigenvalue weighted by Crippen LogP contribution is -2.39. The summed E-state index contributed by atoms with van der Waals surface area (Å²) >= 11 is 0. The molecular formula is C46H35F7N2O14S. The fourth-order valence-corrected chi connectivity index (χ4v) is 9.18. The predicted molar refractivity (Wildman–Crippen MR) is 226 cm³/mol. The first-order chi connectivity index (χ1) is 33.2. The molecule has 1 unspecified atom stereocenters. The molecule has 2 aliphatic heterocycles. The number of amides is 1. The summed E-state index contributed by atoms with van der Waals surface area (Å²) in [6.45, 7) is 2.00. The molecule has 1 saturated carbocycles. The van der Waals surface area contributed by atoms with Crippen LogP contribution in [0, 0.1) is 36.1 Å². The van der Waals surface area contributed by atoms with Crippen molar-refractivity contribution in [3.63, 3.8) is 0 Å². The maximum Gasteiger partial charge on any atom is 0.534 e. The minimum atomic E-state index is -6.69. The van der Waals surface area contributed by atoms with E-state index in [9.17, 15) is 50.4 Å². The van der Waals surface area contributed by atoms with Crippen LogP contribution in [-0.2, 0) is 39.5 Å². The first kappa shape index (κ1) is 48.9. The van der Waals surface area contributed by atoms with E-state index < -0.39 is 108 Å². The topological polar surface area (TPSA) is 211 Å². The number of Topliss-reactive ketones (excluding diaryl/α,β-unsaturated/α-hetero) is 1. The Kier molecular flexibility index (Phi) is 13.1. The number of ether oxygens (including phenoxy) is 4. The van der Waals surface area contributed by atoms with Crippen molar-refractivity contribution in [2.24, 2.45) is 5.92 Å². The highest BCUT2D eigenvalue weighted by atomic mass is 32.2. The zero-order chi connectivity index (χ0) is 50.4. The molecule has 1 spiro atoms. The van der Waals surface area contributed by atoms with Gasteiger partial charge in [0.2, 0.25) is 11.6 Å². The number of fused-ring (bicyclic) bond motifs is 7. The van der Waals surface area contributed by atoms with Crippen molar-refractivity contribution in [3.05, 3.63) is 127 Å². The van der Waals surface area contributed by atoms with Crippen molar-refractivity contribution in [2.45, 2.75) is 56.2 Å². The van der Waals surface area contributed by atoms with Crippen LogP contribution in [0.15, 0.2) is 63.8 Å². The number of alkyl halides is 3. The van der Waals surface area contributed by atoms with Crippen molar-refractivity contribution in [3.8, 4) is 17.2 Å². The maximum absolute atomic E-state index is 16.1. The molecule has 1 atom stereocenters. The summed E-state index contributed by atoms with van der Waals surface area (Å²) < 4.78 is 156. The van der Waals surface area contributed by atoms with Gasteiger partial charge >= 0.3 is 27.2 Å². The number of hydrogen-bond donors (Lipinski definition) is 1. The summed E-state index contributed by atoms with van der Waals surface area (Å²) in [6, 6.07) is 10.1. The van der Waals surface area contributed by atoms with Gasteiger partial charge in [-0.3, -0.25) is 19.2 Å². The Morgan fingerprint density at radius 3 is 2.13 bits per heavy atom. The fraction of sp³-hybridized carbons (Fsp3) is 0.304. The zero-order valence-corrected chi connectivity index (χ0v) is 36.9. The molecule has 368 valence electrons. The maximum atomic E-state index is 16.1. The van der Waals surface area contributed by atoms with Crippen LogP contribution in [-0.4, -0.2) is 76.9 Å². The zero-order valence-electron chi connectivity index (χ0n) is 36.1. The normalized spacial score (nSPS) is 18.2. The van der Waals surface area contributed by atoms with E-state index in [1.54, 1.807) is 23.1 Å². The van der Waals surface area contributed by atoms with E-state index in [0.29, 0.717) is 42.8 Å². The molecule has 1 fully saturated rings. The van der Waals surface area contributed by atoms with E-state index in [4.69, 9.17) is 23.4 Å². The van der Waals surface area contributed by atoms with Crippen LogP contribution in [0.3, 0.4) is 0 Å². The molecule has 5 aromatic rings. The average Bonchev–Trinajstić information content (AvgIpc) is 3.61. The van der Waals surface area contributed by atoms with Gasteiger partial charge in [0.25, 0.3) is 18.9 Å². The summed E-state index contributed by atoms with van der Waals surface area (Å²) in [5, 5.41) is 3.24. The number of carbonyl (C=O) groups excluding carboxylic acids is 5. The van der Waals surface area contributed by atoms with Gasteiger partial charge in [-0.15, -0.1) is 0 Å². The summed E-state index contributed by atoms with van der Waals surface area (Å²) in [4.78, 5) is 76.8. The van der Waals surface area contributed by atoms with Gasteiger partial charge in [0.1, 0.15) is 30.2 Å². The molecule has 1 aromatic heterocycles. The molecule has 0 radical (unpaired) electrons. The minimum absolute atomic E-state index is 0.0195. The number of carbonyl (C=O) groups is 5. The SMILES string of the molecule is Cc1c(F)cc2c(c1F)Oc1c(cc(F)c(OS(=O)(=O)C(F)(F)F)c1F)C21OC(=O)c2ccc(C(=O)CC3CCC(NC(=O)c4cc5ccc(N(CCOC=O)CCOC=O)cc5oc4=O)CC3)cc21. The number of rotatable bonds is 16. The molecule has 3 aliphatic rings. The largest absolute Gasteiger partial charge is 0.534 e. The Morgan fingerprint density at radius 1 is 0.843 bits per heavy atom. The van der Waals surface area contributed by atoms with Gasteiger partial charge in [0, 0.05) is 46.3 Å². The third-order valence-corrected chi connectivity index (χ3v) is 13.2. The highest BCUT2D eigenvalue weighted by molar-refractivity contribution is 7.88. The molecule has 1 aliphatic carbocycles. The Hall–Kier alpha value is -7.50. The van der Waals surface area contributed by atoms with E-state index in [1.165, 1.54) is 12.1 Å². The van der Waals surface area contributed by atoms with E-state index >= 15 is 17.6 Å². The molecule has 0 saturated heterocycles. The number of benzene rings is 4. The van der Waals surface area contributed by atoms with Gasteiger partial charge in [-0.25, -0.2) is 22.8 Å². The van der Waals surface area contributed by atoms with Gasteiger partial charge < -0.3 is 37.8 Å². The third kappa shape index (κ3) is 8.86. The van der Waals surface area contributed by atoms with E-state index in [0.717, 1.165) is 19.1 Å². The number of ketones is 1. The molecule has 16 nitrogen and oxygen atoms in total. The van der Waals surface area contributed by atoms with Crippen molar-refractivity contribution in [2.75, 3.05) is 31.2 Å². The Balaban J connectivity index is 1.00. The standard InChI is InChI=1S/C46H35F7N2O14S/c1-22-33(47)18-31-39(37(22)49)67-40-32(19-34(48)41(38(40)50)69-70(62,63)46(51,52)53)45(31)30-16-24(5-9-28(30)44(61)68-45)35(58)14-23-2-6-26(7-3-23)54-42(59)29-15-25-4-8-27(17-36(25)66-43(29)60)55(10-12-64-20-56)11-13-65-21-57/h4-5,8-9,15-21,23,26H,2-3,6-7,10-14H2,1H3,(H,54,59). The number of nitrogens with zero attached hydrogens (tertiary/aromatic N) is 1. The first-order valence-electron chi connectivity index (χ1n) is 21.0. The van der Waals surface area contributed by atoms with Crippen LogP contribution in [0.1, 0.15) is 85.4 Å². The van der Waals surface area contributed by atoms with Crippen molar-refractivity contribution >= 4 is 57.4 Å². The van der Waals surface area contributed by atoms with Gasteiger partial charge in [-0.1, -0.05) is 6.07 Å². The van der Waals surface area contributed by atoms with Crippen LogP contribution >= 0.6 is 0 Å². The summed E-state index contributed by atoms with van der Waals surface area (Å²) in [6.07, 6.45) is 1.43. The van der Waals surface area contributed by atoms with Crippen LogP contribution in [0.2, 0.25) is 0 Å². The third-order valence-electron chi connectivity index (χ3n) is 12.2. The van der Waals surface area contributed by atoms with E-state index in [1.807, 2.05) is 0 Å². The van der Waals surface area contributed by atoms with Gasteiger partial charge in [0.05, 0.1) is 29.8 Å². The van der Waals surface area contributed by atoms with Crippen LogP contribution in [0.5, 0.6) is 17.2 Å². The molecule has 8 rings (SSSR count). The van der Waals surface area contributed by atoms with Crippen LogP contribution < -0.4 is 24.8 Å². The molecule has 4 aromatic carbocycles. The Labute approximate surface area is 390 Å².